The van der Waals surface area contributed by atoms with Crippen LogP contribution in [0.2, 0.25) is 0 Å². The Bertz CT molecular complexity index is 250. The summed E-state index contributed by atoms with van der Waals surface area (Å²) < 4.78 is 0. The summed E-state index contributed by atoms with van der Waals surface area (Å²) >= 11 is 0. The number of anilines is 1. The molecule has 0 aromatic carbocycles. The van der Waals surface area contributed by atoms with Crippen LogP contribution in [0.1, 0.15) is 18.4 Å². The molecule has 0 N–H and O–H groups in total. The van der Waals surface area contributed by atoms with Crippen molar-refractivity contribution in [2.75, 3.05) is 18.5 Å². The molecule has 1 aromatic rings. The van der Waals surface area contributed by atoms with Crippen LogP contribution in [0, 0.1) is 13.8 Å². The van der Waals surface area contributed by atoms with Crippen LogP contribution in [-0.4, -0.2) is 23.6 Å². The van der Waals surface area contributed by atoms with Gasteiger partial charge in [-0.25, -0.2) is 9.97 Å². The Morgan fingerprint density at radius 2 is 2.00 bits per heavy atom. The molecular formula is C9H15N3. The van der Waals surface area contributed by atoms with Crippen LogP contribution < -0.4 is 4.90 Å². The Morgan fingerprint density at radius 1 is 1.33 bits per heavy atom. The Hall–Kier alpha value is -1.12. The summed E-state index contributed by atoms with van der Waals surface area (Å²) in [6, 6.07) is 2.00. The lowest BCUT2D eigenvalue weighted by Crippen LogP contribution is -2.18. The van der Waals surface area contributed by atoms with Crippen molar-refractivity contribution in [3.05, 3.63) is 17.6 Å². The fourth-order valence-electron chi connectivity index (χ4n) is 1.05. The highest BCUT2D eigenvalue weighted by atomic mass is 15.2. The lowest BCUT2D eigenvalue weighted by molar-refractivity contribution is 0.902. The molecule has 0 spiro atoms. The lowest BCUT2D eigenvalue weighted by Gasteiger charge is -2.15. The number of aromatic nitrogens is 2. The average Bonchev–Trinajstić information content (AvgIpc) is 2.01. The zero-order valence-corrected chi connectivity index (χ0v) is 8.13. The standard InChI is InChI=1S/C9H15N3/c1-5-12(4)9-6-7(2)10-8(3)11-9/h6H,5H2,1-4H3. The molecule has 1 aromatic heterocycles. The Kier molecular flexibility index (Phi) is 2.63. The van der Waals surface area contributed by atoms with Crippen molar-refractivity contribution in [1.29, 1.82) is 0 Å². The van der Waals surface area contributed by atoms with Crippen molar-refractivity contribution >= 4 is 5.82 Å². The van der Waals surface area contributed by atoms with Gasteiger partial charge in [-0.15, -0.1) is 0 Å². The quantitative estimate of drug-likeness (QED) is 0.665. The van der Waals surface area contributed by atoms with Crippen LogP contribution in [0.15, 0.2) is 6.07 Å². The summed E-state index contributed by atoms with van der Waals surface area (Å²) in [5.74, 6) is 1.84. The van der Waals surface area contributed by atoms with Crippen LogP contribution in [0.4, 0.5) is 5.82 Å². The molecule has 0 bridgehead atoms. The van der Waals surface area contributed by atoms with Crippen molar-refractivity contribution in [3.63, 3.8) is 0 Å². The van der Waals surface area contributed by atoms with E-state index < -0.39 is 0 Å². The molecule has 12 heavy (non-hydrogen) atoms. The number of hydrogen-bond acceptors (Lipinski definition) is 3. The molecule has 1 heterocycles. The summed E-state index contributed by atoms with van der Waals surface area (Å²) in [4.78, 5) is 10.6. The van der Waals surface area contributed by atoms with Gasteiger partial charge < -0.3 is 4.90 Å². The molecule has 0 aliphatic rings. The highest BCUT2D eigenvalue weighted by molar-refractivity contribution is 5.38. The van der Waals surface area contributed by atoms with Crippen molar-refractivity contribution in [3.8, 4) is 0 Å². The van der Waals surface area contributed by atoms with E-state index in [1.165, 1.54) is 0 Å². The molecule has 0 saturated heterocycles. The van der Waals surface area contributed by atoms with Gasteiger partial charge in [-0.05, 0) is 20.8 Å². The second kappa shape index (κ2) is 3.52. The monoisotopic (exact) mass is 165 g/mol. The average molecular weight is 165 g/mol. The SMILES string of the molecule is CCN(C)c1cc(C)nc(C)n1. The van der Waals surface area contributed by atoms with Crippen LogP contribution >= 0.6 is 0 Å². The first-order valence-electron chi connectivity index (χ1n) is 4.17. The molecule has 0 saturated carbocycles. The third-order valence-electron chi connectivity index (χ3n) is 1.82. The molecule has 0 atom stereocenters. The number of aryl methyl sites for hydroxylation is 2. The van der Waals surface area contributed by atoms with Gasteiger partial charge in [-0.3, -0.25) is 0 Å². The molecule has 0 aliphatic heterocycles. The molecular weight excluding hydrogens is 150 g/mol. The van der Waals surface area contributed by atoms with E-state index in [0.29, 0.717) is 0 Å². The highest BCUT2D eigenvalue weighted by Gasteiger charge is 2.01. The zero-order valence-electron chi connectivity index (χ0n) is 8.13. The second-order valence-corrected chi connectivity index (χ2v) is 2.93. The number of nitrogens with zero attached hydrogens (tertiary/aromatic N) is 3. The highest BCUT2D eigenvalue weighted by Crippen LogP contribution is 2.09. The van der Waals surface area contributed by atoms with E-state index in [1.54, 1.807) is 0 Å². The molecule has 0 fully saturated rings. The molecule has 3 nitrogen and oxygen atoms in total. The van der Waals surface area contributed by atoms with Gasteiger partial charge in [0.2, 0.25) is 0 Å². The molecule has 66 valence electrons. The molecule has 3 heteroatoms. The van der Waals surface area contributed by atoms with Gasteiger partial charge in [-0.1, -0.05) is 0 Å². The minimum Gasteiger partial charge on any atom is -0.360 e. The van der Waals surface area contributed by atoms with Gasteiger partial charge in [0.05, 0.1) is 0 Å². The normalized spacial score (nSPS) is 10.0. The second-order valence-electron chi connectivity index (χ2n) is 2.93. The summed E-state index contributed by atoms with van der Waals surface area (Å²) in [6.07, 6.45) is 0. The summed E-state index contributed by atoms with van der Waals surface area (Å²) in [6.45, 7) is 6.98. The number of hydrogen-bond donors (Lipinski definition) is 0. The maximum absolute atomic E-state index is 4.32. The minimum absolute atomic E-state index is 0.838. The van der Waals surface area contributed by atoms with E-state index >= 15 is 0 Å². The van der Waals surface area contributed by atoms with Crippen LogP contribution in [0.3, 0.4) is 0 Å². The first-order chi connectivity index (χ1) is 5.63. The molecule has 1 rings (SSSR count). The van der Waals surface area contributed by atoms with Gasteiger partial charge in [-0.2, -0.15) is 0 Å². The predicted molar refractivity (Wildman–Crippen MR) is 50.5 cm³/mol. The maximum Gasteiger partial charge on any atom is 0.132 e. The van der Waals surface area contributed by atoms with Gasteiger partial charge >= 0.3 is 0 Å². The van der Waals surface area contributed by atoms with Crippen LogP contribution in [0.5, 0.6) is 0 Å². The van der Waals surface area contributed by atoms with Gasteiger partial charge in [0.25, 0.3) is 0 Å². The Balaban J connectivity index is 3.00. The third kappa shape index (κ3) is 1.94. The molecule has 0 unspecified atom stereocenters. The van der Waals surface area contributed by atoms with E-state index in [2.05, 4.69) is 21.8 Å². The van der Waals surface area contributed by atoms with E-state index in [4.69, 9.17) is 0 Å². The van der Waals surface area contributed by atoms with Gasteiger partial charge in [0.1, 0.15) is 11.6 Å². The molecule has 0 aliphatic carbocycles. The van der Waals surface area contributed by atoms with E-state index in [0.717, 1.165) is 23.9 Å². The van der Waals surface area contributed by atoms with E-state index in [1.807, 2.05) is 27.0 Å². The zero-order chi connectivity index (χ0) is 9.14. The topological polar surface area (TPSA) is 29.0 Å². The first-order valence-corrected chi connectivity index (χ1v) is 4.17. The fraction of sp³-hybridized carbons (Fsp3) is 0.556. The smallest absolute Gasteiger partial charge is 0.132 e. The van der Waals surface area contributed by atoms with Crippen LogP contribution in [-0.2, 0) is 0 Å². The van der Waals surface area contributed by atoms with Gasteiger partial charge in [0, 0.05) is 25.4 Å². The van der Waals surface area contributed by atoms with Crippen molar-refractivity contribution in [1.82, 2.24) is 9.97 Å². The largest absolute Gasteiger partial charge is 0.360 e. The maximum atomic E-state index is 4.32. The van der Waals surface area contributed by atoms with Crippen molar-refractivity contribution < 1.29 is 0 Å². The van der Waals surface area contributed by atoms with Gasteiger partial charge in [0.15, 0.2) is 0 Å². The van der Waals surface area contributed by atoms with Crippen molar-refractivity contribution in [2.45, 2.75) is 20.8 Å². The molecule has 0 radical (unpaired) electrons. The van der Waals surface area contributed by atoms with E-state index in [9.17, 15) is 0 Å². The predicted octanol–water partition coefficient (Wildman–Crippen LogP) is 1.55. The third-order valence-corrected chi connectivity index (χ3v) is 1.82. The van der Waals surface area contributed by atoms with E-state index in [-0.39, 0.29) is 0 Å². The fourth-order valence-corrected chi connectivity index (χ4v) is 1.05. The van der Waals surface area contributed by atoms with Crippen LogP contribution in [0.25, 0.3) is 0 Å². The Labute approximate surface area is 73.5 Å². The minimum atomic E-state index is 0.838. The molecule has 0 amide bonds. The number of rotatable bonds is 2. The summed E-state index contributed by atoms with van der Waals surface area (Å²) in [5, 5.41) is 0. The summed E-state index contributed by atoms with van der Waals surface area (Å²) in [7, 11) is 2.03. The lowest BCUT2D eigenvalue weighted by atomic mass is 10.4. The summed E-state index contributed by atoms with van der Waals surface area (Å²) in [5.41, 5.74) is 1.03. The first kappa shape index (κ1) is 8.97. The van der Waals surface area contributed by atoms with Crippen molar-refractivity contribution in [2.24, 2.45) is 0 Å². The Morgan fingerprint density at radius 3 is 2.50 bits per heavy atom.